The van der Waals surface area contributed by atoms with Gasteiger partial charge in [0.1, 0.15) is 11.6 Å². The van der Waals surface area contributed by atoms with Crippen LogP contribution in [0.1, 0.15) is 5.56 Å². The summed E-state index contributed by atoms with van der Waals surface area (Å²) in [6, 6.07) is 8.15. The highest BCUT2D eigenvalue weighted by atomic mass is 35.5. The average Bonchev–Trinajstić information content (AvgIpc) is 3.26. The van der Waals surface area contributed by atoms with Gasteiger partial charge >= 0.3 is 0 Å². The first-order valence-corrected chi connectivity index (χ1v) is 10.1. The van der Waals surface area contributed by atoms with E-state index in [-0.39, 0.29) is 12.4 Å². The summed E-state index contributed by atoms with van der Waals surface area (Å²) in [4.78, 5) is 10.7. The van der Waals surface area contributed by atoms with Crippen molar-refractivity contribution in [3.8, 4) is 17.0 Å². The summed E-state index contributed by atoms with van der Waals surface area (Å²) >= 11 is 0. The molecule has 0 amide bonds. The number of morpholine rings is 1. The Labute approximate surface area is 188 Å². The van der Waals surface area contributed by atoms with Crippen molar-refractivity contribution < 1.29 is 9.47 Å². The van der Waals surface area contributed by atoms with E-state index in [2.05, 4.69) is 53.9 Å². The molecular formula is C21H28ClN7O2. The van der Waals surface area contributed by atoms with Crippen LogP contribution in [0.15, 0.2) is 42.9 Å². The number of aromatic amines is 1. The number of hydrogen-bond donors (Lipinski definition) is 3. The van der Waals surface area contributed by atoms with Crippen LogP contribution in [0.25, 0.3) is 11.3 Å². The number of nitrogens with one attached hydrogen (secondary N) is 3. The Bertz CT molecular complexity index is 932. The van der Waals surface area contributed by atoms with Gasteiger partial charge in [-0.15, -0.1) is 12.4 Å². The minimum absolute atomic E-state index is 0. The van der Waals surface area contributed by atoms with Crippen molar-refractivity contribution in [2.45, 2.75) is 6.54 Å². The lowest BCUT2D eigenvalue weighted by atomic mass is 10.1. The van der Waals surface area contributed by atoms with E-state index in [4.69, 9.17) is 9.47 Å². The van der Waals surface area contributed by atoms with Gasteiger partial charge in [-0.3, -0.25) is 15.0 Å². The molecule has 1 aromatic carbocycles. The fourth-order valence-electron chi connectivity index (χ4n) is 3.38. The molecule has 1 aliphatic rings. The van der Waals surface area contributed by atoms with Gasteiger partial charge in [0.2, 0.25) is 0 Å². The maximum Gasteiger partial charge on any atom is 0.153 e. The Morgan fingerprint density at radius 1 is 1.16 bits per heavy atom. The van der Waals surface area contributed by atoms with E-state index in [0.29, 0.717) is 11.6 Å². The summed E-state index contributed by atoms with van der Waals surface area (Å²) in [6.45, 7) is 6.48. The quantitative estimate of drug-likeness (QED) is 0.432. The number of anilines is 2. The minimum atomic E-state index is 0. The molecule has 0 spiro atoms. The summed E-state index contributed by atoms with van der Waals surface area (Å²) in [6.07, 6.45) is 4.91. The third-order valence-electron chi connectivity index (χ3n) is 4.99. The molecule has 2 aromatic heterocycles. The average molecular weight is 446 g/mol. The van der Waals surface area contributed by atoms with Crippen molar-refractivity contribution in [1.82, 2.24) is 30.4 Å². The zero-order chi connectivity index (χ0) is 20.6. The lowest BCUT2D eigenvalue weighted by Gasteiger charge is -2.26. The van der Waals surface area contributed by atoms with E-state index >= 15 is 0 Å². The van der Waals surface area contributed by atoms with Gasteiger partial charge in [-0.25, -0.2) is 4.98 Å². The van der Waals surface area contributed by atoms with E-state index in [1.807, 2.05) is 6.07 Å². The maximum absolute atomic E-state index is 5.63. The lowest BCUT2D eigenvalue weighted by Crippen LogP contribution is -2.40. The molecule has 0 atom stereocenters. The van der Waals surface area contributed by atoms with Crippen LogP contribution in [-0.2, 0) is 11.3 Å². The Kier molecular flexibility index (Phi) is 8.60. The highest BCUT2D eigenvalue weighted by Gasteiger charge is 2.12. The molecule has 3 aromatic rings. The van der Waals surface area contributed by atoms with Gasteiger partial charge in [-0.05, 0) is 17.7 Å². The molecule has 3 heterocycles. The molecule has 1 aliphatic heterocycles. The molecule has 0 unspecified atom stereocenters. The van der Waals surface area contributed by atoms with Crippen LogP contribution < -0.4 is 15.4 Å². The fraction of sp³-hybridized carbons (Fsp3) is 0.381. The van der Waals surface area contributed by atoms with Gasteiger partial charge < -0.3 is 20.1 Å². The highest BCUT2D eigenvalue weighted by molar-refractivity contribution is 5.85. The Hall–Kier alpha value is -2.72. The van der Waals surface area contributed by atoms with Crippen LogP contribution in [0.4, 0.5) is 11.6 Å². The molecule has 31 heavy (non-hydrogen) atoms. The Morgan fingerprint density at radius 2 is 2.03 bits per heavy atom. The monoisotopic (exact) mass is 445 g/mol. The van der Waals surface area contributed by atoms with Gasteiger partial charge in [-0.1, -0.05) is 6.07 Å². The zero-order valence-corrected chi connectivity index (χ0v) is 18.3. The summed E-state index contributed by atoms with van der Waals surface area (Å²) in [7, 11) is 1.68. The molecule has 9 nitrogen and oxygen atoms in total. The predicted octanol–water partition coefficient (Wildman–Crippen LogP) is 2.46. The largest absolute Gasteiger partial charge is 0.496 e. The second-order valence-corrected chi connectivity index (χ2v) is 7.05. The molecule has 0 aliphatic carbocycles. The summed E-state index contributed by atoms with van der Waals surface area (Å²) in [5.41, 5.74) is 2.99. The van der Waals surface area contributed by atoms with Gasteiger partial charge in [0.25, 0.3) is 0 Å². The predicted molar refractivity (Wildman–Crippen MR) is 122 cm³/mol. The van der Waals surface area contributed by atoms with Gasteiger partial charge in [0, 0.05) is 56.7 Å². The molecule has 1 fully saturated rings. The Balaban J connectivity index is 0.00000272. The van der Waals surface area contributed by atoms with E-state index in [1.54, 1.807) is 25.7 Å². The molecular weight excluding hydrogens is 418 g/mol. The number of rotatable bonds is 9. The lowest BCUT2D eigenvalue weighted by molar-refractivity contribution is 0.0384. The molecule has 0 bridgehead atoms. The van der Waals surface area contributed by atoms with Crippen LogP contribution in [0.5, 0.6) is 5.75 Å². The van der Waals surface area contributed by atoms with Crippen molar-refractivity contribution in [3.05, 3.63) is 48.4 Å². The van der Waals surface area contributed by atoms with E-state index in [0.717, 1.165) is 62.9 Å². The van der Waals surface area contributed by atoms with E-state index in [1.165, 1.54) is 5.56 Å². The smallest absolute Gasteiger partial charge is 0.153 e. The van der Waals surface area contributed by atoms with Crippen LogP contribution >= 0.6 is 12.4 Å². The maximum atomic E-state index is 5.63. The number of H-pyrrole nitrogens is 1. The normalized spacial score (nSPS) is 14.1. The topological polar surface area (TPSA) is 100 Å². The summed E-state index contributed by atoms with van der Waals surface area (Å²) in [5, 5.41) is 14.0. The van der Waals surface area contributed by atoms with Gasteiger partial charge in [0.05, 0.1) is 32.2 Å². The molecule has 166 valence electrons. The first-order chi connectivity index (χ1) is 14.8. The number of benzene rings is 1. The van der Waals surface area contributed by atoms with E-state index < -0.39 is 0 Å². The first-order valence-electron chi connectivity index (χ1n) is 10.1. The van der Waals surface area contributed by atoms with Crippen molar-refractivity contribution in [2.75, 3.05) is 51.8 Å². The van der Waals surface area contributed by atoms with Crippen molar-refractivity contribution in [1.29, 1.82) is 0 Å². The highest BCUT2D eigenvalue weighted by Crippen LogP contribution is 2.31. The SMILES string of the molecule is COc1cc(CNCCN2CCOCC2)ccc1-c1cc(Nc2cnccn2)n[nH]1.Cl. The first kappa shape index (κ1) is 23.0. The zero-order valence-electron chi connectivity index (χ0n) is 17.5. The second kappa shape index (κ2) is 11.6. The summed E-state index contributed by atoms with van der Waals surface area (Å²) in [5.74, 6) is 2.11. The fourth-order valence-corrected chi connectivity index (χ4v) is 3.38. The molecule has 1 saturated heterocycles. The van der Waals surface area contributed by atoms with Crippen molar-refractivity contribution in [2.24, 2.45) is 0 Å². The van der Waals surface area contributed by atoms with Crippen LogP contribution in [0.3, 0.4) is 0 Å². The number of hydrogen-bond acceptors (Lipinski definition) is 8. The molecule has 0 saturated carbocycles. The van der Waals surface area contributed by atoms with Gasteiger partial charge in [-0.2, -0.15) is 5.10 Å². The second-order valence-electron chi connectivity index (χ2n) is 7.05. The summed E-state index contributed by atoms with van der Waals surface area (Å²) < 4.78 is 11.0. The van der Waals surface area contributed by atoms with Crippen LogP contribution in [0, 0.1) is 0 Å². The van der Waals surface area contributed by atoms with Crippen molar-refractivity contribution in [3.63, 3.8) is 0 Å². The standard InChI is InChI=1S/C21H27N7O2.ClH/c1-29-19-12-16(14-23-6-7-28-8-10-30-11-9-28)2-3-17(19)18-13-20(27-26-18)25-21-15-22-4-5-24-21;/h2-5,12-13,15,23H,6-11,14H2,1H3,(H2,24,25,26,27);1H. The molecule has 0 radical (unpaired) electrons. The molecule has 4 rings (SSSR count). The number of nitrogens with zero attached hydrogens (tertiary/aromatic N) is 4. The number of aromatic nitrogens is 4. The third kappa shape index (κ3) is 6.38. The number of ether oxygens (including phenoxy) is 2. The van der Waals surface area contributed by atoms with Crippen molar-refractivity contribution >= 4 is 24.0 Å². The Morgan fingerprint density at radius 3 is 2.81 bits per heavy atom. The molecule has 10 heteroatoms. The third-order valence-corrected chi connectivity index (χ3v) is 4.99. The minimum Gasteiger partial charge on any atom is -0.496 e. The van der Waals surface area contributed by atoms with E-state index in [9.17, 15) is 0 Å². The molecule has 3 N–H and O–H groups in total. The van der Waals surface area contributed by atoms with Gasteiger partial charge in [0.15, 0.2) is 5.82 Å². The number of halogens is 1. The number of methoxy groups -OCH3 is 1. The van der Waals surface area contributed by atoms with Crippen LogP contribution in [0.2, 0.25) is 0 Å². The van der Waals surface area contributed by atoms with Crippen LogP contribution in [-0.4, -0.2) is 71.6 Å².